The lowest BCUT2D eigenvalue weighted by atomic mass is 9.94. The molecule has 0 saturated carbocycles. The van der Waals surface area contributed by atoms with E-state index < -0.39 is 21.5 Å². The lowest BCUT2D eigenvalue weighted by Crippen LogP contribution is -2.41. The average Bonchev–Trinajstić information content (AvgIpc) is 3.39. The first kappa shape index (κ1) is 20.1. The Bertz CT molecular complexity index is 978. The predicted molar refractivity (Wildman–Crippen MR) is 102 cm³/mol. The SMILES string of the molecule is NC(=O)COc1ccc(S(=O)(=O)NCC(O)(c2ccsc2)c2ccco2)cc1. The number of hydrogen-bond donors (Lipinski definition) is 3. The zero-order valence-corrected chi connectivity index (χ0v) is 16.2. The van der Waals surface area contributed by atoms with Gasteiger partial charge in [0.2, 0.25) is 10.0 Å². The van der Waals surface area contributed by atoms with Crippen LogP contribution in [0.4, 0.5) is 0 Å². The molecule has 28 heavy (non-hydrogen) atoms. The quantitative estimate of drug-likeness (QED) is 0.478. The molecule has 0 fully saturated rings. The van der Waals surface area contributed by atoms with Gasteiger partial charge in [0.25, 0.3) is 5.91 Å². The number of sulfonamides is 1. The van der Waals surface area contributed by atoms with Crippen molar-refractivity contribution in [2.24, 2.45) is 5.73 Å². The first-order valence-corrected chi connectivity index (χ1v) is 10.5. The van der Waals surface area contributed by atoms with E-state index in [2.05, 4.69) is 4.72 Å². The molecular weight excluding hydrogens is 404 g/mol. The van der Waals surface area contributed by atoms with Crippen LogP contribution in [-0.2, 0) is 20.4 Å². The van der Waals surface area contributed by atoms with Gasteiger partial charge in [0, 0.05) is 5.56 Å². The fraction of sp³-hybridized carbons (Fsp3) is 0.167. The van der Waals surface area contributed by atoms with Crippen LogP contribution < -0.4 is 15.2 Å². The van der Waals surface area contributed by atoms with Gasteiger partial charge < -0.3 is 20.0 Å². The molecule has 3 aromatic rings. The smallest absolute Gasteiger partial charge is 0.255 e. The number of ether oxygens (including phenoxy) is 1. The minimum Gasteiger partial charge on any atom is -0.484 e. The Kier molecular flexibility index (Phi) is 5.84. The van der Waals surface area contributed by atoms with Gasteiger partial charge in [0.15, 0.2) is 12.2 Å². The van der Waals surface area contributed by atoms with E-state index in [0.717, 1.165) is 0 Å². The number of benzene rings is 1. The summed E-state index contributed by atoms with van der Waals surface area (Å²) in [5.74, 6) is -0.101. The average molecular weight is 422 g/mol. The standard InChI is InChI=1S/C18H18N2O6S2/c19-17(21)10-26-14-3-5-15(6-4-14)28(23,24)20-12-18(22,13-7-9-27-11-13)16-2-1-8-25-16/h1-9,11,20,22H,10,12H2,(H2,19,21). The van der Waals surface area contributed by atoms with Crippen LogP contribution in [-0.4, -0.2) is 32.6 Å². The van der Waals surface area contributed by atoms with Gasteiger partial charge in [-0.2, -0.15) is 11.3 Å². The number of carbonyl (C=O) groups is 1. The van der Waals surface area contributed by atoms with Crippen LogP contribution in [0.3, 0.4) is 0 Å². The number of primary amides is 1. The predicted octanol–water partition coefficient (Wildman–Crippen LogP) is 1.42. The summed E-state index contributed by atoms with van der Waals surface area (Å²) < 4.78 is 38.1. The summed E-state index contributed by atoms with van der Waals surface area (Å²) in [5, 5.41) is 14.6. The van der Waals surface area contributed by atoms with Gasteiger partial charge >= 0.3 is 0 Å². The van der Waals surface area contributed by atoms with E-state index in [9.17, 15) is 18.3 Å². The van der Waals surface area contributed by atoms with Crippen molar-refractivity contribution in [2.75, 3.05) is 13.2 Å². The van der Waals surface area contributed by atoms with E-state index >= 15 is 0 Å². The highest BCUT2D eigenvalue weighted by Gasteiger charge is 2.36. The van der Waals surface area contributed by atoms with Crippen molar-refractivity contribution in [3.8, 4) is 5.75 Å². The first-order valence-electron chi connectivity index (χ1n) is 8.11. The lowest BCUT2D eigenvalue weighted by Gasteiger charge is -2.25. The van der Waals surface area contributed by atoms with Gasteiger partial charge in [-0.1, -0.05) is 0 Å². The van der Waals surface area contributed by atoms with Gasteiger partial charge in [-0.05, 0) is 53.2 Å². The monoisotopic (exact) mass is 422 g/mol. The summed E-state index contributed by atoms with van der Waals surface area (Å²) in [7, 11) is -3.92. The summed E-state index contributed by atoms with van der Waals surface area (Å²) in [6, 6.07) is 10.4. The van der Waals surface area contributed by atoms with Gasteiger partial charge in [-0.3, -0.25) is 4.79 Å². The van der Waals surface area contributed by atoms with Crippen LogP contribution in [0.15, 0.2) is 68.8 Å². The van der Waals surface area contributed by atoms with Crippen LogP contribution in [0.5, 0.6) is 5.75 Å². The normalized spacial score (nSPS) is 13.8. The Morgan fingerprint density at radius 2 is 2.00 bits per heavy atom. The maximum Gasteiger partial charge on any atom is 0.255 e. The van der Waals surface area contributed by atoms with Crippen molar-refractivity contribution in [3.05, 3.63) is 70.8 Å². The molecule has 1 amide bonds. The molecule has 3 rings (SSSR count). The molecule has 0 saturated heterocycles. The van der Waals surface area contributed by atoms with Crippen LogP contribution in [0.1, 0.15) is 11.3 Å². The Hall–Kier alpha value is -2.66. The Balaban J connectivity index is 1.77. The molecule has 1 unspecified atom stereocenters. The first-order chi connectivity index (χ1) is 13.3. The Morgan fingerprint density at radius 3 is 2.57 bits per heavy atom. The van der Waals surface area contributed by atoms with E-state index in [-0.39, 0.29) is 23.8 Å². The maximum atomic E-state index is 12.6. The molecule has 8 nitrogen and oxygen atoms in total. The lowest BCUT2D eigenvalue weighted by molar-refractivity contribution is -0.119. The number of carbonyl (C=O) groups excluding carboxylic acids is 1. The topological polar surface area (TPSA) is 132 Å². The molecule has 148 valence electrons. The zero-order chi connectivity index (χ0) is 20.2. The van der Waals surface area contributed by atoms with Crippen LogP contribution in [0.25, 0.3) is 0 Å². The molecular formula is C18H18N2O6S2. The fourth-order valence-corrected chi connectivity index (χ4v) is 4.28. The fourth-order valence-electron chi connectivity index (χ4n) is 2.50. The van der Waals surface area contributed by atoms with E-state index in [1.54, 1.807) is 29.0 Å². The zero-order valence-electron chi connectivity index (χ0n) is 14.6. The second-order valence-electron chi connectivity index (χ2n) is 5.90. The molecule has 0 aliphatic carbocycles. The third-order valence-electron chi connectivity index (χ3n) is 3.96. The van der Waals surface area contributed by atoms with E-state index in [0.29, 0.717) is 11.3 Å². The minimum absolute atomic E-state index is 0.0222. The number of amides is 1. The number of rotatable bonds is 9. The van der Waals surface area contributed by atoms with Gasteiger partial charge in [0.1, 0.15) is 11.5 Å². The molecule has 0 bridgehead atoms. The molecule has 0 radical (unpaired) electrons. The summed E-state index contributed by atoms with van der Waals surface area (Å²) in [4.78, 5) is 10.7. The number of hydrogen-bond acceptors (Lipinski definition) is 7. The molecule has 4 N–H and O–H groups in total. The molecule has 2 aromatic heterocycles. The number of furan rings is 1. The van der Waals surface area contributed by atoms with E-state index in [1.165, 1.54) is 41.9 Å². The molecule has 1 aromatic carbocycles. The van der Waals surface area contributed by atoms with Crippen molar-refractivity contribution in [2.45, 2.75) is 10.5 Å². The van der Waals surface area contributed by atoms with Crippen LogP contribution in [0.2, 0.25) is 0 Å². The highest BCUT2D eigenvalue weighted by atomic mass is 32.2. The molecule has 1 atom stereocenters. The van der Waals surface area contributed by atoms with Crippen molar-refractivity contribution in [1.29, 1.82) is 0 Å². The number of nitrogens with one attached hydrogen (secondary N) is 1. The number of aliphatic hydroxyl groups is 1. The Labute approximate surface area is 165 Å². The van der Waals surface area contributed by atoms with Crippen molar-refractivity contribution < 1.29 is 27.5 Å². The van der Waals surface area contributed by atoms with E-state index in [4.69, 9.17) is 14.9 Å². The molecule has 0 spiro atoms. The van der Waals surface area contributed by atoms with Gasteiger partial charge in [0.05, 0.1) is 17.7 Å². The second-order valence-corrected chi connectivity index (χ2v) is 8.45. The van der Waals surface area contributed by atoms with Crippen molar-refractivity contribution in [3.63, 3.8) is 0 Å². The second kappa shape index (κ2) is 8.15. The van der Waals surface area contributed by atoms with Gasteiger partial charge in [-0.15, -0.1) is 0 Å². The molecule has 0 aliphatic rings. The minimum atomic E-state index is -3.92. The van der Waals surface area contributed by atoms with Gasteiger partial charge in [-0.25, -0.2) is 13.1 Å². The number of nitrogens with two attached hydrogens (primary N) is 1. The Morgan fingerprint density at radius 1 is 1.25 bits per heavy atom. The molecule has 2 heterocycles. The summed E-state index contributed by atoms with van der Waals surface area (Å²) >= 11 is 1.38. The molecule has 10 heteroatoms. The summed E-state index contributed by atoms with van der Waals surface area (Å²) in [6.45, 7) is -0.624. The maximum absolute atomic E-state index is 12.6. The highest BCUT2D eigenvalue weighted by molar-refractivity contribution is 7.89. The van der Waals surface area contributed by atoms with Crippen LogP contribution >= 0.6 is 11.3 Å². The summed E-state index contributed by atoms with van der Waals surface area (Å²) in [5.41, 5.74) is 3.87. The van der Waals surface area contributed by atoms with Crippen LogP contribution in [0, 0.1) is 0 Å². The third kappa shape index (κ3) is 4.42. The third-order valence-corrected chi connectivity index (χ3v) is 6.06. The molecule has 0 aliphatic heterocycles. The largest absolute Gasteiger partial charge is 0.484 e. The van der Waals surface area contributed by atoms with Crippen molar-refractivity contribution >= 4 is 27.3 Å². The number of thiophene rings is 1. The van der Waals surface area contributed by atoms with E-state index in [1.807, 2.05) is 0 Å². The van der Waals surface area contributed by atoms with Crippen molar-refractivity contribution in [1.82, 2.24) is 4.72 Å². The highest BCUT2D eigenvalue weighted by Crippen LogP contribution is 2.31. The summed E-state index contributed by atoms with van der Waals surface area (Å²) in [6.07, 6.45) is 1.41.